The first-order valence-corrected chi connectivity index (χ1v) is 5.14. The van der Waals surface area contributed by atoms with Crippen molar-refractivity contribution >= 4 is 0 Å². The smallest absolute Gasteiger partial charge is 0.0139 e. The summed E-state index contributed by atoms with van der Waals surface area (Å²) in [5.41, 5.74) is 7.13. The standard InChI is InChI=1S/C11H21N/c1-9(2)11(8-12)7-10-5-3-4-6-10/h7,9-10H,3-6,8,12H2,1-2H3/b11-7-. The van der Waals surface area contributed by atoms with Crippen molar-refractivity contribution in [2.75, 3.05) is 6.54 Å². The van der Waals surface area contributed by atoms with E-state index in [2.05, 4.69) is 19.9 Å². The van der Waals surface area contributed by atoms with Crippen molar-refractivity contribution in [2.45, 2.75) is 39.5 Å². The molecule has 0 bridgehead atoms. The van der Waals surface area contributed by atoms with Gasteiger partial charge in [0.15, 0.2) is 0 Å². The quantitative estimate of drug-likeness (QED) is 0.643. The molecule has 12 heavy (non-hydrogen) atoms. The van der Waals surface area contributed by atoms with Gasteiger partial charge in [0.1, 0.15) is 0 Å². The largest absolute Gasteiger partial charge is 0.327 e. The van der Waals surface area contributed by atoms with Gasteiger partial charge in [0.25, 0.3) is 0 Å². The fourth-order valence-electron chi connectivity index (χ4n) is 1.92. The van der Waals surface area contributed by atoms with E-state index in [1.165, 1.54) is 31.3 Å². The van der Waals surface area contributed by atoms with Crippen molar-refractivity contribution < 1.29 is 0 Å². The molecular weight excluding hydrogens is 146 g/mol. The van der Waals surface area contributed by atoms with Gasteiger partial charge in [-0.3, -0.25) is 0 Å². The molecule has 1 heteroatoms. The van der Waals surface area contributed by atoms with Gasteiger partial charge in [-0.25, -0.2) is 0 Å². The van der Waals surface area contributed by atoms with Crippen LogP contribution in [0.15, 0.2) is 11.6 Å². The molecule has 0 amide bonds. The van der Waals surface area contributed by atoms with Gasteiger partial charge in [-0.1, -0.05) is 38.3 Å². The summed E-state index contributed by atoms with van der Waals surface area (Å²) >= 11 is 0. The first-order chi connectivity index (χ1) is 5.74. The molecule has 1 nitrogen and oxygen atoms in total. The van der Waals surface area contributed by atoms with Gasteiger partial charge < -0.3 is 5.73 Å². The highest BCUT2D eigenvalue weighted by molar-refractivity contribution is 5.09. The molecule has 0 heterocycles. The summed E-state index contributed by atoms with van der Waals surface area (Å²) in [7, 11) is 0. The predicted octanol–water partition coefficient (Wildman–Crippen LogP) is 2.72. The molecule has 1 aliphatic carbocycles. The van der Waals surface area contributed by atoms with Gasteiger partial charge in [0, 0.05) is 6.54 Å². The molecule has 0 aliphatic heterocycles. The SMILES string of the molecule is CC(C)/C(=C\C1CCCC1)CN. The van der Waals surface area contributed by atoms with Crippen LogP contribution in [0.25, 0.3) is 0 Å². The van der Waals surface area contributed by atoms with E-state index in [0.717, 1.165) is 12.5 Å². The third-order valence-corrected chi connectivity index (χ3v) is 2.83. The van der Waals surface area contributed by atoms with Crippen LogP contribution in [-0.4, -0.2) is 6.54 Å². The highest BCUT2D eigenvalue weighted by Crippen LogP contribution is 2.27. The molecule has 0 unspecified atom stereocenters. The zero-order valence-electron chi connectivity index (χ0n) is 8.34. The zero-order chi connectivity index (χ0) is 8.97. The molecule has 1 aliphatic rings. The van der Waals surface area contributed by atoms with Crippen molar-refractivity contribution in [3.05, 3.63) is 11.6 Å². The first-order valence-electron chi connectivity index (χ1n) is 5.14. The number of nitrogens with two attached hydrogens (primary N) is 1. The fourth-order valence-corrected chi connectivity index (χ4v) is 1.92. The summed E-state index contributed by atoms with van der Waals surface area (Å²) in [6.45, 7) is 5.20. The third kappa shape index (κ3) is 2.63. The lowest BCUT2D eigenvalue weighted by atomic mass is 9.97. The first kappa shape index (κ1) is 9.79. The topological polar surface area (TPSA) is 26.0 Å². The van der Waals surface area contributed by atoms with E-state index < -0.39 is 0 Å². The fraction of sp³-hybridized carbons (Fsp3) is 0.818. The van der Waals surface area contributed by atoms with Gasteiger partial charge in [0.05, 0.1) is 0 Å². The minimum absolute atomic E-state index is 0.635. The Balaban J connectivity index is 2.50. The van der Waals surface area contributed by atoms with Crippen LogP contribution in [0.3, 0.4) is 0 Å². The maximum Gasteiger partial charge on any atom is 0.0139 e. The second-order valence-electron chi connectivity index (χ2n) is 4.14. The minimum atomic E-state index is 0.635. The van der Waals surface area contributed by atoms with Crippen LogP contribution < -0.4 is 5.73 Å². The van der Waals surface area contributed by atoms with E-state index in [9.17, 15) is 0 Å². The molecular formula is C11H21N. The molecule has 1 rings (SSSR count). The molecule has 70 valence electrons. The van der Waals surface area contributed by atoms with E-state index in [4.69, 9.17) is 5.73 Å². The molecule has 0 saturated heterocycles. The molecule has 1 fully saturated rings. The molecule has 2 N–H and O–H groups in total. The van der Waals surface area contributed by atoms with Crippen LogP contribution in [0.1, 0.15) is 39.5 Å². The molecule has 0 aromatic heterocycles. The number of hydrogen-bond donors (Lipinski definition) is 1. The highest BCUT2D eigenvalue weighted by atomic mass is 14.5. The monoisotopic (exact) mass is 167 g/mol. The number of allylic oxidation sites excluding steroid dienone is 1. The second-order valence-corrected chi connectivity index (χ2v) is 4.14. The summed E-state index contributed by atoms with van der Waals surface area (Å²) in [5.74, 6) is 1.47. The Morgan fingerprint density at radius 2 is 2.00 bits per heavy atom. The van der Waals surface area contributed by atoms with E-state index in [1.54, 1.807) is 0 Å². The number of rotatable bonds is 3. The lowest BCUT2D eigenvalue weighted by Crippen LogP contribution is -2.09. The zero-order valence-corrected chi connectivity index (χ0v) is 8.34. The normalized spacial score (nSPS) is 20.8. The van der Waals surface area contributed by atoms with Crippen LogP contribution in [0.5, 0.6) is 0 Å². The molecule has 0 aromatic carbocycles. The van der Waals surface area contributed by atoms with Crippen molar-refractivity contribution in [1.82, 2.24) is 0 Å². The van der Waals surface area contributed by atoms with Crippen molar-refractivity contribution in [1.29, 1.82) is 0 Å². The van der Waals surface area contributed by atoms with Gasteiger partial charge in [0.2, 0.25) is 0 Å². The van der Waals surface area contributed by atoms with Crippen molar-refractivity contribution in [2.24, 2.45) is 17.6 Å². The summed E-state index contributed by atoms with van der Waals surface area (Å²) in [5, 5.41) is 0. The summed E-state index contributed by atoms with van der Waals surface area (Å²) in [4.78, 5) is 0. The Kier molecular flexibility index (Phi) is 3.80. The van der Waals surface area contributed by atoms with Gasteiger partial charge in [-0.2, -0.15) is 0 Å². The Morgan fingerprint density at radius 1 is 1.42 bits per heavy atom. The lowest BCUT2D eigenvalue weighted by Gasteiger charge is -2.11. The van der Waals surface area contributed by atoms with Crippen LogP contribution >= 0.6 is 0 Å². The Labute approximate surface area is 76.0 Å². The van der Waals surface area contributed by atoms with Gasteiger partial charge >= 0.3 is 0 Å². The summed E-state index contributed by atoms with van der Waals surface area (Å²) in [6.07, 6.45) is 8.03. The van der Waals surface area contributed by atoms with Gasteiger partial charge in [-0.15, -0.1) is 0 Å². The molecule has 0 spiro atoms. The lowest BCUT2D eigenvalue weighted by molar-refractivity contribution is 0.651. The average molecular weight is 167 g/mol. The predicted molar refractivity (Wildman–Crippen MR) is 53.9 cm³/mol. The van der Waals surface area contributed by atoms with Crippen LogP contribution in [-0.2, 0) is 0 Å². The van der Waals surface area contributed by atoms with Crippen molar-refractivity contribution in [3.63, 3.8) is 0 Å². The molecule has 0 aromatic rings. The second kappa shape index (κ2) is 4.66. The maximum atomic E-state index is 5.68. The Hall–Kier alpha value is -0.300. The van der Waals surface area contributed by atoms with E-state index >= 15 is 0 Å². The van der Waals surface area contributed by atoms with Crippen LogP contribution in [0, 0.1) is 11.8 Å². The maximum absolute atomic E-state index is 5.68. The summed E-state index contributed by atoms with van der Waals surface area (Å²) < 4.78 is 0. The van der Waals surface area contributed by atoms with Crippen molar-refractivity contribution in [3.8, 4) is 0 Å². The van der Waals surface area contributed by atoms with Crippen LogP contribution in [0.4, 0.5) is 0 Å². The Morgan fingerprint density at radius 3 is 2.42 bits per heavy atom. The molecule has 1 saturated carbocycles. The molecule has 0 radical (unpaired) electrons. The third-order valence-electron chi connectivity index (χ3n) is 2.83. The van der Waals surface area contributed by atoms with Gasteiger partial charge in [-0.05, 0) is 24.7 Å². The van der Waals surface area contributed by atoms with E-state index in [-0.39, 0.29) is 0 Å². The Bertz CT molecular complexity index is 152. The van der Waals surface area contributed by atoms with E-state index in [1.807, 2.05) is 0 Å². The molecule has 0 atom stereocenters. The van der Waals surface area contributed by atoms with E-state index in [0.29, 0.717) is 5.92 Å². The average Bonchev–Trinajstić information content (AvgIpc) is 2.51. The summed E-state index contributed by atoms with van der Waals surface area (Å²) in [6, 6.07) is 0. The minimum Gasteiger partial charge on any atom is -0.327 e. The highest BCUT2D eigenvalue weighted by Gasteiger charge is 2.13. The number of hydrogen-bond acceptors (Lipinski definition) is 1. The van der Waals surface area contributed by atoms with Crippen LogP contribution in [0.2, 0.25) is 0 Å².